The molecule has 2 atom stereocenters. The molecule has 22 heavy (non-hydrogen) atoms. The molecule has 118 valence electrons. The van der Waals surface area contributed by atoms with Gasteiger partial charge >= 0.3 is 5.97 Å². The zero-order chi connectivity index (χ0) is 16.3. The summed E-state index contributed by atoms with van der Waals surface area (Å²) in [5.41, 5.74) is 3.91. The molecule has 4 heteroatoms. The average molecular weight is 302 g/mol. The zero-order valence-corrected chi connectivity index (χ0v) is 13.5. The maximum atomic E-state index is 12.4. The largest absolute Gasteiger partial charge is 0.497 e. The smallest absolute Gasteiger partial charge is 0.338 e. The quantitative estimate of drug-likeness (QED) is 0.632. The molecule has 1 aliphatic rings. The van der Waals surface area contributed by atoms with Crippen molar-refractivity contribution in [1.29, 1.82) is 0 Å². The van der Waals surface area contributed by atoms with Gasteiger partial charge in [0.25, 0.3) is 0 Å². The molecule has 0 radical (unpaired) electrons. The van der Waals surface area contributed by atoms with Gasteiger partial charge in [-0.05, 0) is 31.2 Å². The molecule has 0 spiro atoms. The van der Waals surface area contributed by atoms with Gasteiger partial charge in [-0.2, -0.15) is 0 Å². The molecular formula is C18H22O4. The van der Waals surface area contributed by atoms with Crippen LogP contribution in [-0.4, -0.2) is 31.9 Å². The van der Waals surface area contributed by atoms with Crippen LogP contribution in [0, 0.1) is 5.41 Å². The van der Waals surface area contributed by atoms with Gasteiger partial charge in [0, 0.05) is 11.0 Å². The minimum Gasteiger partial charge on any atom is -0.497 e. The summed E-state index contributed by atoms with van der Waals surface area (Å²) < 4.78 is 16.6. The highest BCUT2D eigenvalue weighted by Crippen LogP contribution is 2.37. The van der Waals surface area contributed by atoms with Gasteiger partial charge in [0.2, 0.25) is 0 Å². The Labute approximate surface area is 131 Å². The molecule has 0 amide bonds. The number of carbonyl (C=O) groups excluding carboxylic acids is 1. The predicted molar refractivity (Wildman–Crippen MR) is 84.0 cm³/mol. The molecule has 4 nitrogen and oxygen atoms in total. The Hall–Kier alpha value is -2.03. The molecule has 2 rings (SSSR count). The number of esters is 1. The average Bonchev–Trinajstić information content (AvgIpc) is 2.81. The second kappa shape index (κ2) is 6.39. The Balaban J connectivity index is 2.18. The maximum Gasteiger partial charge on any atom is 0.338 e. The summed E-state index contributed by atoms with van der Waals surface area (Å²) in [6, 6.07) is 6.85. The first-order valence-electron chi connectivity index (χ1n) is 7.22. The molecule has 1 heterocycles. The summed E-state index contributed by atoms with van der Waals surface area (Å²) in [6.45, 7) is 10.1. The van der Waals surface area contributed by atoms with E-state index in [1.165, 1.54) is 0 Å². The summed E-state index contributed by atoms with van der Waals surface area (Å²) in [5.74, 6) is 0.331. The van der Waals surface area contributed by atoms with E-state index in [-0.39, 0.29) is 23.6 Å². The first kappa shape index (κ1) is 16.3. The number of hydrogen-bond donors (Lipinski definition) is 0. The van der Waals surface area contributed by atoms with Crippen LogP contribution in [0.1, 0.15) is 31.1 Å². The van der Waals surface area contributed by atoms with Gasteiger partial charge in [-0.15, -0.1) is 5.73 Å². The third-order valence-corrected chi connectivity index (χ3v) is 3.95. The number of methoxy groups -OCH3 is 1. The van der Waals surface area contributed by atoms with E-state index < -0.39 is 0 Å². The fourth-order valence-electron chi connectivity index (χ4n) is 2.47. The maximum absolute atomic E-state index is 12.4. The first-order valence-corrected chi connectivity index (χ1v) is 7.22. The summed E-state index contributed by atoms with van der Waals surface area (Å²) in [4.78, 5) is 12.4. The minimum atomic E-state index is -0.368. The second-order valence-electron chi connectivity index (χ2n) is 6.13. The number of rotatable bonds is 4. The van der Waals surface area contributed by atoms with Crippen molar-refractivity contribution in [2.24, 2.45) is 5.41 Å². The Morgan fingerprint density at radius 1 is 1.36 bits per heavy atom. The van der Waals surface area contributed by atoms with Crippen LogP contribution in [-0.2, 0) is 9.47 Å². The normalized spacial score (nSPS) is 22.7. The zero-order valence-electron chi connectivity index (χ0n) is 13.5. The number of carbonyl (C=O) groups is 1. The van der Waals surface area contributed by atoms with Crippen LogP contribution >= 0.6 is 0 Å². The van der Waals surface area contributed by atoms with Gasteiger partial charge in [0.05, 0.1) is 19.3 Å². The van der Waals surface area contributed by atoms with E-state index in [0.717, 1.165) is 5.57 Å². The lowest BCUT2D eigenvalue weighted by Crippen LogP contribution is -2.37. The molecule has 1 fully saturated rings. The van der Waals surface area contributed by atoms with Crippen molar-refractivity contribution < 1.29 is 19.0 Å². The Kier molecular flexibility index (Phi) is 4.74. The van der Waals surface area contributed by atoms with Gasteiger partial charge in [-0.1, -0.05) is 20.4 Å². The summed E-state index contributed by atoms with van der Waals surface area (Å²) in [5, 5.41) is 0. The van der Waals surface area contributed by atoms with E-state index in [4.69, 9.17) is 14.2 Å². The fourth-order valence-corrected chi connectivity index (χ4v) is 2.47. The minimum absolute atomic E-state index is 0.259. The lowest BCUT2D eigenvalue weighted by atomic mass is 9.85. The van der Waals surface area contributed by atoms with Gasteiger partial charge in [0.15, 0.2) is 0 Å². The third kappa shape index (κ3) is 3.24. The molecule has 0 saturated carbocycles. The van der Waals surface area contributed by atoms with Crippen LogP contribution < -0.4 is 4.74 Å². The van der Waals surface area contributed by atoms with Crippen LogP contribution in [0.5, 0.6) is 5.75 Å². The number of ether oxygens (including phenoxy) is 3. The molecule has 1 aliphatic heterocycles. The van der Waals surface area contributed by atoms with Crippen LogP contribution in [0.3, 0.4) is 0 Å². The van der Waals surface area contributed by atoms with Crippen molar-refractivity contribution in [3.05, 3.63) is 47.7 Å². The highest BCUT2D eigenvalue weighted by Gasteiger charge is 2.46. The van der Waals surface area contributed by atoms with Gasteiger partial charge in [-0.3, -0.25) is 0 Å². The standard InChI is InChI=1S/C18H22O4/c1-6-12(2)15-16(18(3,4)11-21-15)22-17(19)13-7-9-14(20-5)10-8-13/h7-10,15-16H,1,11H2,2-5H3/t15-,16-/m0/s1. The predicted octanol–water partition coefficient (Wildman–Crippen LogP) is 3.38. The summed E-state index contributed by atoms with van der Waals surface area (Å²) >= 11 is 0. The molecule has 0 unspecified atom stereocenters. The molecule has 0 aromatic heterocycles. The van der Waals surface area contributed by atoms with Crippen LogP contribution in [0.2, 0.25) is 0 Å². The van der Waals surface area contributed by atoms with Crippen molar-refractivity contribution in [3.8, 4) is 5.75 Å². The van der Waals surface area contributed by atoms with Crippen molar-refractivity contribution in [3.63, 3.8) is 0 Å². The first-order chi connectivity index (χ1) is 10.4. The number of benzene rings is 1. The molecule has 0 bridgehead atoms. The summed E-state index contributed by atoms with van der Waals surface area (Å²) in [7, 11) is 1.58. The second-order valence-corrected chi connectivity index (χ2v) is 6.13. The monoisotopic (exact) mass is 302 g/mol. The highest BCUT2D eigenvalue weighted by atomic mass is 16.6. The van der Waals surface area contributed by atoms with E-state index in [1.807, 2.05) is 20.8 Å². The van der Waals surface area contributed by atoms with Crippen LogP contribution in [0.25, 0.3) is 0 Å². The van der Waals surface area contributed by atoms with Gasteiger partial charge < -0.3 is 14.2 Å². The number of hydrogen-bond acceptors (Lipinski definition) is 4. The van der Waals surface area contributed by atoms with Crippen molar-refractivity contribution in [2.75, 3.05) is 13.7 Å². The molecule has 1 aromatic rings. The topological polar surface area (TPSA) is 44.8 Å². The molecule has 1 aromatic carbocycles. The molecule has 0 N–H and O–H groups in total. The van der Waals surface area contributed by atoms with E-state index in [9.17, 15) is 4.79 Å². The van der Waals surface area contributed by atoms with Crippen molar-refractivity contribution >= 4 is 5.97 Å². The molecular weight excluding hydrogens is 280 g/mol. The van der Waals surface area contributed by atoms with Gasteiger partial charge in [-0.25, -0.2) is 4.79 Å². The third-order valence-electron chi connectivity index (χ3n) is 3.95. The summed E-state index contributed by atoms with van der Waals surface area (Å²) in [6.07, 6.45) is -0.661. The van der Waals surface area contributed by atoms with E-state index in [2.05, 4.69) is 12.3 Å². The lowest BCUT2D eigenvalue weighted by molar-refractivity contribution is -0.00471. The SMILES string of the molecule is C=C=C(C)[C@@H]1OCC(C)(C)[C@H]1OC(=O)c1ccc(OC)cc1. The fraction of sp³-hybridized carbons (Fsp3) is 0.444. The lowest BCUT2D eigenvalue weighted by Gasteiger charge is -2.28. The van der Waals surface area contributed by atoms with Crippen molar-refractivity contribution in [2.45, 2.75) is 33.0 Å². The van der Waals surface area contributed by atoms with Crippen LogP contribution in [0.4, 0.5) is 0 Å². The van der Waals surface area contributed by atoms with E-state index in [0.29, 0.717) is 17.9 Å². The Bertz CT molecular complexity index is 594. The molecule has 1 saturated heterocycles. The Morgan fingerprint density at radius 2 is 2.00 bits per heavy atom. The highest BCUT2D eigenvalue weighted by molar-refractivity contribution is 5.89. The Morgan fingerprint density at radius 3 is 2.55 bits per heavy atom. The van der Waals surface area contributed by atoms with E-state index >= 15 is 0 Å². The van der Waals surface area contributed by atoms with E-state index in [1.54, 1.807) is 31.4 Å². The van der Waals surface area contributed by atoms with Crippen LogP contribution in [0.15, 0.2) is 42.1 Å². The molecule has 0 aliphatic carbocycles. The van der Waals surface area contributed by atoms with Gasteiger partial charge in [0.1, 0.15) is 18.0 Å². The van der Waals surface area contributed by atoms with Crippen molar-refractivity contribution in [1.82, 2.24) is 0 Å².